The number of nitrogens with zero attached hydrogens (tertiary/aromatic N) is 1. The lowest BCUT2D eigenvalue weighted by Crippen LogP contribution is -2.30. The molecule has 0 atom stereocenters. The van der Waals surface area contributed by atoms with Gasteiger partial charge in [-0.15, -0.1) is 0 Å². The summed E-state index contributed by atoms with van der Waals surface area (Å²) >= 11 is 0. The Balaban J connectivity index is 1.97. The normalized spacial score (nSPS) is 10.4. The van der Waals surface area contributed by atoms with E-state index in [1.165, 1.54) is 6.07 Å². The molecule has 0 aliphatic carbocycles. The Morgan fingerprint density at radius 2 is 1.54 bits per heavy atom. The second-order valence-corrected chi connectivity index (χ2v) is 5.68. The van der Waals surface area contributed by atoms with Crippen molar-refractivity contribution in [3.05, 3.63) is 101 Å². The minimum atomic E-state index is -0.367. The third kappa shape index (κ3) is 3.51. The molecule has 0 bridgehead atoms. The monoisotopic (exact) mass is 319 g/mol. The van der Waals surface area contributed by atoms with Gasteiger partial charge >= 0.3 is 0 Å². The molecule has 0 unspecified atom stereocenters. The van der Waals surface area contributed by atoms with E-state index in [0.29, 0.717) is 17.7 Å². The molecule has 0 spiro atoms. The predicted molar refractivity (Wildman–Crippen MR) is 94.5 cm³/mol. The molecule has 3 aromatic rings. The molecule has 0 aliphatic rings. The van der Waals surface area contributed by atoms with Gasteiger partial charge in [-0.2, -0.15) is 0 Å². The van der Waals surface area contributed by atoms with E-state index in [2.05, 4.69) is 0 Å². The van der Waals surface area contributed by atoms with Crippen LogP contribution in [0.4, 0.5) is 10.1 Å². The first kappa shape index (κ1) is 15.9. The molecule has 0 saturated heterocycles. The maximum absolute atomic E-state index is 13.9. The highest BCUT2D eigenvalue weighted by Gasteiger charge is 2.19. The fraction of sp³-hybridized carbons (Fsp3) is 0.0952. The largest absolute Gasteiger partial charge is 0.304 e. The first-order valence-corrected chi connectivity index (χ1v) is 7.82. The summed E-state index contributed by atoms with van der Waals surface area (Å²) in [5.74, 6) is -0.586. The zero-order valence-corrected chi connectivity index (χ0v) is 13.4. The maximum Gasteiger partial charge on any atom is 0.258 e. The lowest BCUT2D eigenvalue weighted by molar-refractivity contribution is 0.0984. The number of para-hydroxylation sites is 1. The summed E-state index contributed by atoms with van der Waals surface area (Å²) in [6.07, 6.45) is 0. The van der Waals surface area contributed by atoms with Crippen molar-refractivity contribution < 1.29 is 9.18 Å². The molecule has 0 N–H and O–H groups in total. The summed E-state index contributed by atoms with van der Waals surface area (Å²) < 4.78 is 13.9. The van der Waals surface area contributed by atoms with E-state index in [0.717, 1.165) is 11.3 Å². The van der Waals surface area contributed by atoms with Crippen LogP contribution in [0.15, 0.2) is 78.9 Å². The minimum Gasteiger partial charge on any atom is -0.304 e. The average molecular weight is 319 g/mol. The number of carbonyl (C=O) groups is 1. The molecule has 0 saturated carbocycles. The summed E-state index contributed by atoms with van der Waals surface area (Å²) in [5.41, 5.74) is 2.67. The number of carbonyl (C=O) groups excluding carboxylic acids is 1. The summed E-state index contributed by atoms with van der Waals surface area (Å²) in [6, 6.07) is 23.8. The second-order valence-electron chi connectivity index (χ2n) is 5.68. The number of hydrogen-bond donors (Lipinski definition) is 0. The van der Waals surface area contributed by atoms with Gasteiger partial charge in [-0.25, -0.2) is 4.39 Å². The number of rotatable bonds is 4. The van der Waals surface area contributed by atoms with E-state index >= 15 is 0 Å². The van der Waals surface area contributed by atoms with Gasteiger partial charge in [0.2, 0.25) is 0 Å². The van der Waals surface area contributed by atoms with Gasteiger partial charge in [0.05, 0.1) is 6.54 Å². The highest BCUT2D eigenvalue weighted by molar-refractivity contribution is 6.06. The molecule has 0 heterocycles. The first-order valence-electron chi connectivity index (χ1n) is 7.82. The zero-order valence-electron chi connectivity index (χ0n) is 13.4. The van der Waals surface area contributed by atoms with Gasteiger partial charge in [0.15, 0.2) is 0 Å². The van der Waals surface area contributed by atoms with Crippen LogP contribution < -0.4 is 4.90 Å². The molecule has 120 valence electrons. The highest BCUT2D eigenvalue weighted by atomic mass is 19.1. The van der Waals surface area contributed by atoms with E-state index < -0.39 is 0 Å². The Labute approximate surface area is 141 Å². The molecular formula is C21H18FNO. The maximum atomic E-state index is 13.9. The van der Waals surface area contributed by atoms with Gasteiger partial charge in [0.1, 0.15) is 5.82 Å². The van der Waals surface area contributed by atoms with Crippen LogP contribution in [0.25, 0.3) is 0 Å². The fourth-order valence-electron chi connectivity index (χ4n) is 2.54. The van der Waals surface area contributed by atoms with E-state index in [9.17, 15) is 9.18 Å². The molecule has 0 radical (unpaired) electrons. The lowest BCUT2D eigenvalue weighted by Gasteiger charge is -2.23. The van der Waals surface area contributed by atoms with Crippen molar-refractivity contribution in [3.8, 4) is 0 Å². The summed E-state index contributed by atoms with van der Waals surface area (Å²) in [5, 5.41) is 0. The SMILES string of the molecule is Cc1ccc(C(=O)N(Cc2ccccc2)c2ccccc2)cc1F. The Kier molecular flexibility index (Phi) is 4.71. The number of hydrogen-bond acceptors (Lipinski definition) is 1. The van der Waals surface area contributed by atoms with E-state index in [1.807, 2.05) is 60.7 Å². The van der Waals surface area contributed by atoms with Crippen LogP contribution in [0.1, 0.15) is 21.5 Å². The summed E-state index contributed by atoms with van der Waals surface area (Å²) in [6.45, 7) is 2.11. The van der Waals surface area contributed by atoms with Crippen molar-refractivity contribution in [2.75, 3.05) is 4.90 Å². The van der Waals surface area contributed by atoms with E-state index in [4.69, 9.17) is 0 Å². The van der Waals surface area contributed by atoms with Crippen LogP contribution in [0, 0.1) is 12.7 Å². The molecule has 2 nitrogen and oxygen atoms in total. The van der Waals surface area contributed by atoms with Crippen LogP contribution in [0.2, 0.25) is 0 Å². The Hall–Kier alpha value is -2.94. The smallest absolute Gasteiger partial charge is 0.258 e. The quantitative estimate of drug-likeness (QED) is 0.664. The zero-order chi connectivity index (χ0) is 16.9. The van der Waals surface area contributed by atoms with Crippen LogP contribution >= 0.6 is 0 Å². The van der Waals surface area contributed by atoms with Crippen molar-refractivity contribution in [2.45, 2.75) is 13.5 Å². The highest BCUT2D eigenvalue weighted by Crippen LogP contribution is 2.21. The van der Waals surface area contributed by atoms with Gasteiger partial charge in [-0.05, 0) is 42.3 Å². The molecule has 0 aliphatic heterocycles. The predicted octanol–water partition coefficient (Wildman–Crippen LogP) is 4.98. The third-order valence-corrected chi connectivity index (χ3v) is 3.92. The number of halogens is 1. The molecule has 24 heavy (non-hydrogen) atoms. The molecule has 0 fully saturated rings. The van der Waals surface area contributed by atoms with Gasteiger partial charge in [0.25, 0.3) is 5.91 Å². The van der Waals surface area contributed by atoms with Crippen molar-refractivity contribution in [2.24, 2.45) is 0 Å². The molecular weight excluding hydrogens is 301 g/mol. The summed E-state index contributed by atoms with van der Waals surface area (Å²) in [4.78, 5) is 14.6. The van der Waals surface area contributed by atoms with Crippen molar-refractivity contribution in [3.63, 3.8) is 0 Å². The Morgan fingerprint density at radius 3 is 2.17 bits per heavy atom. The molecule has 3 aromatic carbocycles. The number of aryl methyl sites for hydroxylation is 1. The van der Waals surface area contributed by atoms with Crippen LogP contribution in [-0.2, 0) is 6.54 Å². The standard InChI is InChI=1S/C21H18FNO/c1-16-12-13-18(14-20(16)22)21(24)23(19-10-6-3-7-11-19)15-17-8-4-2-5-9-17/h2-14H,15H2,1H3. The first-order chi connectivity index (χ1) is 11.6. The molecule has 1 amide bonds. The van der Waals surface area contributed by atoms with Crippen LogP contribution in [-0.4, -0.2) is 5.91 Å². The Morgan fingerprint density at radius 1 is 0.917 bits per heavy atom. The number of anilines is 1. The van der Waals surface area contributed by atoms with E-state index in [1.54, 1.807) is 24.0 Å². The lowest BCUT2D eigenvalue weighted by atomic mass is 10.1. The van der Waals surface area contributed by atoms with Gasteiger partial charge in [-0.3, -0.25) is 4.79 Å². The molecule has 3 rings (SSSR count). The van der Waals surface area contributed by atoms with Gasteiger partial charge < -0.3 is 4.90 Å². The fourth-order valence-corrected chi connectivity index (χ4v) is 2.54. The van der Waals surface area contributed by atoms with Crippen molar-refractivity contribution in [1.29, 1.82) is 0 Å². The minimum absolute atomic E-state index is 0.219. The topological polar surface area (TPSA) is 20.3 Å². The molecule has 3 heteroatoms. The van der Waals surface area contributed by atoms with Gasteiger partial charge in [0, 0.05) is 11.3 Å². The Bertz CT molecular complexity index is 831. The number of amides is 1. The molecule has 0 aromatic heterocycles. The third-order valence-electron chi connectivity index (χ3n) is 3.92. The van der Waals surface area contributed by atoms with Crippen LogP contribution in [0.3, 0.4) is 0 Å². The van der Waals surface area contributed by atoms with Gasteiger partial charge in [-0.1, -0.05) is 54.6 Å². The second kappa shape index (κ2) is 7.09. The number of benzene rings is 3. The van der Waals surface area contributed by atoms with Crippen molar-refractivity contribution in [1.82, 2.24) is 0 Å². The average Bonchev–Trinajstić information content (AvgIpc) is 2.63. The summed E-state index contributed by atoms with van der Waals surface area (Å²) in [7, 11) is 0. The van der Waals surface area contributed by atoms with Crippen LogP contribution in [0.5, 0.6) is 0 Å². The van der Waals surface area contributed by atoms with Crippen molar-refractivity contribution >= 4 is 11.6 Å². The van der Waals surface area contributed by atoms with E-state index in [-0.39, 0.29) is 11.7 Å².